The number of carbonyl (C=O) groups is 2. The molecule has 0 fully saturated rings. The summed E-state index contributed by atoms with van der Waals surface area (Å²) in [6.07, 6.45) is 0. The number of rotatable bonds is 7. The Morgan fingerprint density at radius 1 is 1.04 bits per heavy atom. The lowest BCUT2D eigenvalue weighted by Gasteiger charge is -2.08. The third-order valence-electron chi connectivity index (χ3n) is 3.60. The molecule has 2 rings (SSSR count). The van der Waals surface area contributed by atoms with Gasteiger partial charge in [-0.1, -0.05) is 24.3 Å². The van der Waals surface area contributed by atoms with Crippen LogP contribution in [0, 0.1) is 24.0 Å². The van der Waals surface area contributed by atoms with Gasteiger partial charge in [-0.3, -0.25) is 14.9 Å². The normalized spacial score (nSPS) is 10.2. The van der Waals surface area contributed by atoms with Crippen molar-refractivity contribution in [2.45, 2.75) is 13.8 Å². The Kier molecular flexibility index (Phi) is 5.84. The Hall–Kier alpha value is -3.22. The average molecular weight is 343 g/mol. The van der Waals surface area contributed by atoms with Gasteiger partial charge in [-0.2, -0.15) is 0 Å². The van der Waals surface area contributed by atoms with Gasteiger partial charge in [0.1, 0.15) is 0 Å². The Morgan fingerprint density at radius 3 is 2.44 bits per heavy atom. The maximum absolute atomic E-state index is 12.0. The van der Waals surface area contributed by atoms with Crippen molar-refractivity contribution < 1.29 is 24.0 Å². The standard InChI is InChI=1S/C18H17NO6/c1-12-7-8-14(9-13(12)2)16(20)10-25-18(21)11-24-17-6-4-3-5-15(17)19(22)23/h3-9H,10-11H2,1-2H3. The van der Waals surface area contributed by atoms with E-state index < -0.39 is 24.1 Å². The first-order valence-corrected chi connectivity index (χ1v) is 7.51. The summed E-state index contributed by atoms with van der Waals surface area (Å²) in [4.78, 5) is 34.0. The summed E-state index contributed by atoms with van der Waals surface area (Å²) in [7, 11) is 0. The Morgan fingerprint density at radius 2 is 1.76 bits per heavy atom. The molecule has 2 aromatic carbocycles. The smallest absolute Gasteiger partial charge is 0.344 e. The number of esters is 1. The Labute approximate surface area is 144 Å². The molecule has 0 atom stereocenters. The van der Waals surface area contributed by atoms with Gasteiger partial charge in [-0.15, -0.1) is 0 Å². The molecule has 0 heterocycles. The van der Waals surface area contributed by atoms with E-state index in [4.69, 9.17) is 9.47 Å². The van der Waals surface area contributed by atoms with Crippen LogP contribution in [0.25, 0.3) is 0 Å². The fourth-order valence-electron chi connectivity index (χ4n) is 2.05. The molecule has 0 amide bonds. The van der Waals surface area contributed by atoms with Crippen molar-refractivity contribution >= 4 is 17.4 Å². The highest BCUT2D eigenvalue weighted by Gasteiger charge is 2.16. The van der Waals surface area contributed by atoms with Gasteiger partial charge in [0.15, 0.2) is 24.7 Å². The van der Waals surface area contributed by atoms with Crippen LogP contribution < -0.4 is 4.74 Å². The fourth-order valence-corrected chi connectivity index (χ4v) is 2.05. The zero-order valence-corrected chi connectivity index (χ0v) is 13.9. The number of nitrogens with zero attached hydrogens (tertiary/aromatic N) is 1. The number of benzene rings is 2. The van der Waals surface area contributed by atoms with Gasteiger partial charge in [0.05, 0.1) is 4.92 Å². The summed E-state index contributed by atoms with van der Waals surface area (Å²) in [6.45, 7) is 2.88. The summed E-state index contributed by atoms with van der Waals surface area (Å²) in [5, 5.41) is 10.9. The second-order valence-electron chi connectivity index (χ2n) is 5.40. The second-order valence-corrected chi connectivity index (χ2v) is 5.40. The number of para-hydroxylation sites is 2. The van der Waals surface area contributed by atoms with Crippen LogP contribution >= 0.6 is 0 Å². The first-order valence-electron chi connectivity index (χ1n) is 7.51. The van der Waals surface area contributed by atoms with E-state index in [1.54, 1.807) is 18.2 Å². The van der Waals surface area contributed by atoms with Crippen LogP contribution in [0.3, 0.4) is 0 Å². The first kappa shape index (κ1) is 18.1. The number of ketones is 1. The van der Waals surface area contributed by atoms with Crippen LogP contribution in [0.4, 0.5) is 5.69 Å². The molecule has 25 heavy (non-hydrogen) atoms. The molecule has 0 saturated heterocycles. The summed E-state index contributed by atoms with van der Waals surface area (Å²) in [5.74, 6) is -1.15. The number of carbonyl (C=O) groups excluding carboxylic acids is 2. The molecule has 0 spiro atoms. The van der Waals surface area contributed by atoms with E-state index >= 15 is 0 Å². The minimum Gasteiger partial charge on any atom is -0.475 e. The minimum atomic E-state index is -0.782. The van der Waals surface area contributed by atoms with E-state index in [-0.39, 0.29) is 17.2 Å². The lowest BCUT2D eigenvalue weighted by atomic mass is 10.0. The topological polar surface area (TPSA) is 95.7 Å². The van der Waals surface area contributed by atoms with Crippen molar-refractivity contribution in [2.24, 2.45) is 0 Å². The summed E-state index contributed by atoms with van der Waals surface area (Å²) in [5.41, 5.74) is 2.24. The lowest BCUT2D eigenvalue weighted by molar-refractivity contribution is -0.385. The highest BCUT2D eigenvalue weighted by molar-refractivity contribution is 5.98. The summed E-state index contributed by atoms with van der Waals surface area (Å²) < 4.78 is 9.97. The number of ether oxygens (including phenoxy) is 2. The van der Waals surface area contributed by atoms with Crippen molar-refractivity contribution in [3.05, 3.63) is 69.3 Å². The van der Waals surface area contributed by atoms with Crippen molar-refractivity contribution in [2.75, 3.05) is 13.2 Å². The molecule has 0 aliphatic rings. The van der Waals surface area contributed by atoms with Crippen LogP contribution in [-0.2, 0) is 9.53 Å². The third-order valence-corrected chi connectivity index (χ3v) is 3.60. The van der Waals surface area contributed by atoms with Gasteiger partial charge < -0.3 is 9.47 Å². The Balaban J connectivity index is 1.88. The lowest BCUT2D eigenvalue weighted by Crippen LogP contribution is -2.19. The molecule has 0 aliphatic carbocycles. The minimum absolute atomic E-state index is 0.0371. The molecule has 130 valence electrons. The molecule has 0 N–H and O–H groups in total. The van der Waals surface area contributed by atoms with Gasteiger partial charge >= 0.3 is 11.7 Å². The number of nitro benzene ring substituents is 1. The van der Waals surface area contributed by atoms with Crippen molar-refractivity contribution in [3.8, 4) is 5.75 Å². The number of Topliss-reactive ketones (excluding diaryl/α,β-unsaturated/α-hetero) is 1. The maximum atomic E-state index is 12.0. The van der Waals surface area contributed by atoms with Crippen LogP contribution in [0.15, 0.2) is 42.5 Å². The summed E-state index contributed by atoms with van der Waals surface area (Å²) >= 11 is 0. The van der Waals surface area contributed by atoms with E-state index in [0.29, 0.717) is 5.56 Å². The highest BCUT2D eigenvalue weighted by Crippen LogP contribution is 2.25. The first-order chi connectivity index (χ1) is 11.9. The van der Waals surface area contributed by atoms with E-state index in [9.17, 15) is 19.7 Å². The van der Waals surface area contributed by atoms with E-state index in [1.165, 1.54) is 18.2 Å². The second kappa shape index (κ2) is 8.05. The molecule has 0 aliphatic heterocycles. The zero-order chi connectivity index (χ0) is 18.4. The molecule has 7 nitrogen and oxygen atoms in total. The highest BCUT2D eigenvalue weighted by atomic mass is 16.6. The van der Waals surface area contributed by atoms with Crippen molar-refractivity contribution in [3.63, 3.8) is 0 Å². The van der Waals surface area contributed by atoms with Gasteiger partial charge in [0.25, 0.3) is 0 Å². The van der Waals surface area contributed by atoms with Crippen LogP contribution in [0.5, 0.6) is 5.75 Å². The van der Waals surface area contributed by atoms with Crippen LogP contribution in [0.2, 0.25) is 0 Å². The maximum Gasteiger partial charge on any atom is 0.344 e. The molecule has 7 heteroatoms. The number of hydrogen-bond acceptors (Lipinski definition) is 6. The third kappa shape index (κ3) is 4.87. The average Bonchev–Trinajstić information content (AvgIpc) is 2.60. The van der Waals surface area contributed by atoms with Gasteiger partial charge in [-0.05, 0) is 37.1 Å². The van der Waals surface area contributed by atoms with Crippen LogP contribution in [-0.4, -0.2) is 29.9 Å². The summed E-state index contributed by atoms with van der Waals surface area (Å²) in [6, 6.07) is 10.9. The monoisotopic (exact) mass is 343 g/mol. The van der Waals surface area contributed by atoms with E-state index in [2.05, 4.69) is 0 Å². The number of hydrogen-bond donors (Lipinski definition) is 0. The predicted molar refractivity (Wildman–Crippen MR) is 89.8 cm³/mol. The van der Waals surface area contributed by atoms with Gasteiger partial charge in [-0.25, -0.2) is 4.79 Å². The molecule has 0 saturated carbocycles. The van der Waals surface area contributed by atoms with Gasteiger partial charge in [0, 0.05) is 11.6 Å². The van der Waals surface area contributed by atoms with Gasteiger partial charge in [0.2, 0.25) is 0 Å². The quantitative estimate of drug-likeness (QED) is 0.332. The van der Waals surface area contributed by atoms with E-state index in [1.807, 2.05) is 19.9 Å². The fraction of sp³-hybridized carbons (Fsp3) is 0.222. The van der Waals surface area contributed by atoms with Crippen molar-refractivity contribution in [1.29, 1.82) is 0 Å². The largest absolute Gasteiger partial charge is 0.475 e. The van der Waals surface area contributed by atoms with E-state index in [0.717, 1.165) is 11.1 Å². The molecular formula is C18H17NO6. The molecule has 0 aromatic heterocycles. The molecule has 0 unspecified atom stereocenters. The molecule has 0 bridgehead atoms. The number of aryl methyl sites for hydroxylation is 2. The van der Waals surface area contributed by atoms with Crippen molar-refractivity contribution in [1.82, 2.24) is 0 Å². The Bertz CT molecular complexity index is 815. The number of nitro groups is 1. The molecule has 2 aromatic rings. The predicted octanol–water partition coefficient (Wildman–Crippen LogP) is 3.02. The van der Waals surface area contributed by atoms with Crippen LogP contribution in [0.1, 0.15) is 21.5 Å². The molecular weight excluding hydrogens is 326 g/mol. The SMILES string of the molecule is Cc1ccc(C(=O)COC(=O)COc2ccccc2[N+](=O)[O-])cc1C. The molecule has 0 radical (unpaired) electrons. The zero-order valence-electron chi connectivity index (χ0n) is 13.9.